The maximum Gasteiger partial charge on any atom is 0.227 e. The van der Waals surface area contributed by atoms with Crippen LogP contribution in [0.2, 0.25) is 5.02 Å². The standard InChI is InChI=1S/C16H12ClNO3/c17-11-5-7-12(8-6-11)18-15(13-3-1-9-20-13)16(19)14-4-2-10-21-14/h1-10,15,18H. The largest absolute Gasteiger partial charge is 0.467 e. The van der Waals surface area contributed by atoms with Gasteiger partial charge in [-0.2, -0.15) is 0 Å². The molecule has 0 fully saturated rings. The van der Waals surface area contributed by atoms with Gasteiger partial charge in [-0.15, -0.1) is 0 Å². The summed E-state index contributed by atoms with van der Waals surface area (Å²) >= 11 is 5.86. The maximum absolute atomic E-state index is 12.5. The highest BCUT2D eigenvalue weighted by molar-refractivity contribution is 6.30. The van der Waals surface area contributed by atoms with Gasteiger partial charge in [0.05, 0.1) is 12.5 Å². The lowest BCUT2D eigenvalue weighted by atomic mass is 10.1. The fourth-order valence-corrected chi connectivity index (χ4v) is 2.12. The van der Waals surface area contributed by atoms with E-state index in [0.29, 0.717) is 10.8 Å². The van der Waals surface area contributed by atoms with Crippen molar-refractivity contribution in [2.45, 2.75) is 6.04 Å². The van der Waals surface area contributed by atoms with Crippen LogP contribution in [0.4, 0.5) is 5.69 Å². The van der Waals surface area contributed by atoms with Gasteiger partial charge < -0.3 is 14.2 Å². The predicted octanol–water partition coefficient (Wildman–Crippen LogP) is 4.56. The van der Waals surface area contributed by atoms with Gasteiger partial charge in [-0.25, -0.2) is 0 Å². The molecule has 2 heterocycles. The molecule has 5 heteroatoms. The Morgan fingerprint density at radius 3 is 2.33 bits per heavy atom. The number of halogens is 1. The summed E-state index contributed by atoms with van der Waals surface area (Å²) in [6.07, 6.45) is 3.00. The lowest BCUT2D eigenvalue weighted by Crippen LogP contribution is -2.20. The highest BCUT2D eigenvalue weighted by Gasteiger charge is 2.26. The van der Waals surface area contributed by atoms with Crippen molar-refractivity contribution in [3.63, 3.8) is 0 Å². The molecule has 4 nitrogen and oxygen atoms in total. The molecule has 0 saturated heterocycles. The number of rotatable bonds is 5. The first-order chi connectivity index (χ1) is 10.2. The van der Waals surface area contributed by atoms with Crippen molar-refractivity contribution in [3.8, 4) is 0 Å². The Labute approximate surface area is 126 Å². The molecule has 3 aromatic rings. The van der Waals surface area contributed by atoms with Gasteiger partial charge in [-0.05, 0) is 48.5 Å². The summed E-state index contributed by atoms with van der Waals surface area (Å²) in [5.41, 5.74) is 0.765. The van der Waals surface area contributed by atoms with Crippen molar-refractivity contribution >= 4 is 23.1 Å². The van der Waals surface area contributed by atoms with E-state index in [-0.39, 0.29) is 11.5 Å². The highest BCUT2D eigenvalue weighted by Crippen LogP contribution is 2.25. The molecule has 0 bridgehead atoms. The van der Waals surface area contributed by atoms with E-state index in [2.05, 4.69) is 5.32 Å². The SMILES string of the molecule is O=C(c1ccco1)C(Nc1ccc(Cl)cc1)c1ccco1. The Kier molecular flexibility index (Phi) is 3.79. The summed E-state index contributed by atoms with van der Waals surface area (Å²) in [5.74, 6) is 0.592. The van der Waals surface area contributed by atoms with Gasteiger partial charge in [0.25, 0.3) is 0 Å². The zero-order valence-electron chi connectivity index (χ0n) is 11.0. The number of anilines is 1. The summed E-state index contributed by atoms with van der Waals surface area (Å²) in [6.45, 7) is 0. The summed E-state index contributed by atoms with van der Waals surface area (Å²) in [4.78, 5) is 12.5. The number of carbonyl (C=O) groups excluding carboxylic acids is 1. The number of ketones is 1. The smallest absolute Gasteiger partial charge is 0.227 e. The van der Waals surface area contributed by atoms with Gasteiger partial charge >= 0.3 is 0 Å². The van der Waals surface area contributed by atoms with Crippen LogP contribution in [-0.2, 0) is 0 Å². The number of Topliss-reactive ketones (excluding diaryl/α,β-unsaturated/α-hetero) is 1. The van der Waals surface area contributed by atoms with Crippen molar-refractivity contribution in [1.82, 2.24) is 0 Å². The number of carbonyl (C=O) groups is 1. The van der Waals surface area contributed by atoms with Gasteiger partial charge in [-0.1, -0.05) is 11.6 Å². The summed E-state index contributed by atoms with van der Waals surface area (Å²) < 4.78 is 10.5. The molecule has 1 N–H and O–H groups in total. The molecule has 21 heavy (non-hydrogen) atoms. The quantitative estimate of drug-likeness (QED) is 0.702. The molecule has 0 saturated carbocycles. The number of hydrogen-bond donors (Lipinski definition) is 1. The molecule has 0 aliphatic rings. The van der Waals surface area contributed by atoms with Crippen LogP contribution in [0.1, 0.15) is 22.4 Å². The maximum atomic E-state index is 12.5. The minimum atomic E-state index is -0.660. The Bertz CT molecular complexity index is 703. The lowest BCUT2D eigenvalue weighted by molar-refractivity contribution is 0.0934. The van der Waals surface area contributed by atoms with Crippen LogP contribution < -0.4 is 5.32 Å². The van der Waals surface area contributed by atoms with E-state index < -0.39 is 6.04 Å². The molecule has 0 aliphatic carbocycles. The molecule has 0 spiro atoms. The second kappa shape index (κ2) is 5.89. The van der Waals surface area contributed by atoms with Crippen molar-refractivity contribution in [1.29, 1.82) is 0 Å². The third kappa shape index (κ3) is 3.01. The van der Waals surface area contributed by atoms with Crippen LogP contribution in [0.15, 0.2) is 69.9 Å². The second-order valence-electron chi connectivity index (χ2n) is 4.44. The number of nitrogens with one attached hydrogen (secondary N) is 1. The first-order valence-corrected chi connectivity index (χ1v) is 6.75. The highest BCUT2D eigenvalue weighted by atomic mass is 35.5. The number of hydrogen-bond acceptors (Lipinski definition) is 4. The van der Waals surface area contributed by atoms with E-state index in [1.165, 1.54) is 12.5 Å². The summed E-state index contributed by atoms with van der Waals surface area (Å²) in [5, 5.41) is 3.77. The van der Waals surface area contributed by atoms with Crippen molar-refractivity contribution in [3.05, 3.63) is 77.6 Å². The van der Waals surface area contributed by atoms with Crippen LogP contribution in [0.5, 0.6) is 0 Å². The molecule has 1 unspecified atom stereocenters. The van der Waals surface area contributed by atoms with E-state index in [9.17, 15) is 4.79 Å². The Balaban J connectivity index is 1.90. The van der Waals surface area contributed by atoms with Crippen molar-refractivity contribution in [2.24, 2.45) is 0 Å². The Morgan fingerprint density at radius 2 is 1.71 bits per heavy atom. The molecule has 0 aliphatic heterocycles. The number of furan rings is 2. The Hall–Kier alpha value is -2.46. The third-order valence-corrected chi connectivity index (χ3v) is 3.26. The summed E-state index contributed by atoms with van der Waals surface area (Å²) in [7, 11) is 0. The van der Waals surface area contributed by atoms with Crippen LogP contribution >= 0.6 is 11.6 Å². The molecule has 1 aromatic carbocycles. The molecule has 3 rings (SSSR count). The average molecular weight is 302 g/mol. The molecular weight excluding hydrogens is 290 g/mol. The van der Waals surface area contributed by atoms with E-state index in [4.69, 9.17) is 20.4 Å². The molecule has 0 radical (unpaired) electrons. The van der Waals surface area contributed by atoms with Crippen molar-refractivity contribution < 1.29 is 13.6 Å². The fraction of sp³-hybridized carbons (Fsp3) is 0.0625. The normalized spacial score (nSPS) is 12.0. The van der Waals surface area contributed by atoms with E-state index >= 15 is 0 Å². The third-order valence-electron chi connectivity index (χ3n) is 3.01. The average Bonchev–Trinajstić information content (AvgIpc) is 3.19. The van der Waals surface area contributed by atoms with E-state index in [1.54, 1.807) is 48.5 Å². The minimum Gasteiger partial charge on any atom is -0.467 e. The second-order valence-corrected chi connectivity index (χ2v) is 4.88. The first-order valence-electron chi connectivity index (χ1n) is 6.37. The molecule has 2 aromatic heterocycles. The zero-order chi connectivity index (χ0) is 14.7. The fourth-order valence-electron chi connectivity index (χ4n) is 2.00. The van der Waals surface area contributed by atoms with Crippen LogP contribution in [0.3, 0.4) is 0 Å². The predicted molar refractivity (Wildman–Crippen MR) is 79.6 cm³/mol. The summed E-state index contributed by atoms with van der Waals surface area (Å²) in [6, 6.07) is 13.2. The van der Waals surface area contributed by atoms with Crippen LogP contribution in [0, 0.1) is 0 Å². The van der Waals surface area contributed by atoms with Gasteiger partial charge in [0.15, 0.2) is 11.8 Å². The van der Waals surface area contributed by atoms with Gasteiger partial charge in [-0.3, -0.25) is 4.79 Å². The minimum absolute atomic E-state index is 0.204. The van der Waals surface area contributed by atoms with Crippen LogP contribution in [0.25, 0.3) is 0 Å². The van der Waals surface area contributed by atoms with Gasteiger partial charge in [0.2, 0.25) is 5.78 Å². The topological polar surface area (TPSA) is 55.4 Å². The Morgan fingerprint density at radius 1 is 1.00 bits per heavy atom. The lowest BCUT2D eigenvalue weighted by Gasteiger charge is -2.15. The van der Waals surface area contributed by atoms with Crippen molar-refractivity contribution in [2.75, 3.05) is 5.32 Å². The van der Waals surface area contributed by atoms with Gasteiger partial charge in [0.1, 0.15) is 5.76 Å². The van der Waals surface area contributed by atoms with E-state index in [0.717, 1.165) is 5.69 Å². The molecule has 0 amide bonds. The first kappa shape index (κ1) is 13.5. The van der Waals surface area contributed by atoms with Gasteiger partial charge in [0, 0.05) is 10.7 Å². The van der Waals surface area contributed by atoms with Crippen LogP contribution in [-0.4, -0.2) is 5.78 Å². The van der Waals surface area contributed by atoms with E-state index in [1.807, 2.05) is 0 Å². The number of benzene rings is 1. The molecule has 106 valence electrons. The molecule has 1 atom stereocenters. The zero-order valence-corrected chi connectivity index (χ0v) is 11.7. The monoisotopic (exact) mass is 301 g/mol. The molecular formula is C16H12ClNO3.